The van der Waals surface area contributed by atoms with Crippen molar-refractivity contribution in [2.75, 3.05) is 0 Å². The average molecular weight is 315 g/mol. The van der Waals surface area contributed by atoms with Gasteiger partial charge in [0.1, 0.15) is 0 Å². The van der Waals surface area contributed by atoms with Gasteiger partial charge in [-0.1, -0.05) is 0 Å². The monoisotopic (exact) mass is 314 g/mol. The fraction of sp³-hybridized carbons (Fsp3) is 0.692. The summed E-state index contributed by atoms with van der Waals surface area (Å²) < 4.78 is 1.21. The Morgan fingerprint density at radius 2 is 2.06 bits per heavy atom. The van der Waals surface area contributed by atoms with Crippen LogP contribution < -0.4 is 5.73 Å². The number of hydrogen-bond acceptors (Lipinski definition) is 3. The number of piperidine rings is 1. The van der Waals surface area contributed by atoms with E-state index in [1.807, 2.05) is 11.3 Å². The van der Waals surface area contributed by atoms with Crippen LogP contribution in [0.4, 0.5) is 0 Å². The number of halogens is 1. The molecule has 1 aromatic rings. The summed E-state index contributed by atoms with van der Waals surface area (Å²) in [7, 11) is 0. The maximum atomic E-state index is 6.13. The summed E-state index contributed by atoms with van der Waals surface area (Å²) >= 11 is 5.42. The molecular formula is C13H19BrN2S. The van der Waals surface area contributed by atoms with Gasteiger partial charge >= 0.3 is 0 Å². The third kappa shape index (κ3) is 2.21. The van der Waals surface area contributed by atoms with Crippen LogP contribution >= 0.6 is 27.3 Å². The molecule has 3 heterocycles. The van der Waals surface area contributed by atoms with Crippen molar-refractivity contribution in [3.05, 3.63) is 20.8 Å². The van der Waals surface area contributed by atoms with Crippen LogP contribution in [0.2, 0.25) is 0 Å². The molecule has 0 radical (unpaired) electrons. The van der Waals surface area contributed by atoms with Gasteiger partial charge in [0.05, 0.1) is 0 Å². The Hall–Kier alpha value is 0.1000. The van der Waals surface area contributed by atoms with Crippen molar-refractivity contribution in [3.63, 3.8) is 0 Å². The average Bonchev–Trinajstić information content (AvgIpc) is 2.81. The predicted octanol–water partition coefficient (Wildman–Crippen LogP) is 3.53. The van der Waals surface area contributed by atoms with E-state index in [2.05, 4.69) is 39.2 Å². The predicted molar refractivity (Wildman–Crippen MR) is 76.3 cm³/mol. The summed E-state index contributed by atoms with van der Waals surface area (Å²) in [6.45, 7) is 2.35. The molecule has 2 aliphatic rings. The maximum absolute atomic E-state index is 6.13. The number of nitrogens with two attached hydrogens (primary N) is 1. The molecule has 0 aromatic carbocycles. The van der Waals surface area contributed by atoms with Crippen molar-refractivity contribution >= 4 is 27.3 Å². The molecule has 2 nitrogen and oxygen atoms in total. The Bertz CT molecular complexity index is 392. The standard InChI is InChI=1S/C13H19BrN2S/c1-8(13-4-9(14)7-17-13)16-11-2-3-12(16)6-10(15)5-11/h4,7-8,10-12H,2-3,5-6,15H2,1H3. The lowest BCUT2D eigenvalue weighted by Crippen LogP contribution is -2.48. The van der Waals surface area contributed by atoms with Crippen molar-refractivity contribution in [1.82, 2.24) is 4.90 Å². The van der Waals surface area contributed by atoms with E-state index < -0.39 is 0 Å². The van der Waals surface area contributed by atoms with E-state index in [1.165, 1.54) is 35.0 Å². The Morgan fingerprint density at radius 3 is 2.59 bits per heavy atom. The van der Waals surface area contributed by atoms with Gasteiger partial charge in [-0.2, -0.15) is 0 Å². The van der Waals surface area contributed by atoms with E-state index in [4.69, 9.17) is 5.73 Å². The van der Waals surface area contributed by atoms with Gasteiger partial charge in [-0.3, -0.25) is 4.90 Å². The van der Waals surface area contributed by atoms with E-state index in [0.29, 0.717) is 12.1 Å². The molecule has 1 aromatic heterocycles. The van der Waals surface area contributed by atoms with E-state index in [0.717, 1.165) is 12.1 Å². The Kier molecular flexibility index (Phi) is 3.32. The minimum absolute atomic E-state index is 0.436. The van der Waals surface area contributed by atoms with Crippen LogP contribution in [-0.2, 0) is 0 Å². The molecule has 0 aliphatic carbocycles. The van der Waals surface area contributed by atoms with Crippen LogP contribution in [0.3, 0.4) is 0 Å². The van der Waals surface area contributed by atoms with E-state index in [9.17, 15) is 0 Å². The third-order valence-corrected chi connectivity index (χ3v) is 6.14. The van der Waals surface area contributed by atoms with Crippen LogP contribution in [0.1, 0.15) is 43.5 Å². The summed E-state index contributed by atoms with van der Waals surface area (Å²) in [5.41, 5.74) is 6.13. The normalized spacial score (nSPS) is 35.1. The number of rotatable bonds is 2. The molecule has 2 bridgehead atoms. The number of hydrogen-bond donors (Lipinski definition) is 1. The van der Waals surface area contributed by atoms with Gasteiger partial charge in [0.2, 0.25) is 0 Å². The van der Waals surface area contributed by atoms with Crippen LogP contribution in [0.15, 0.2) is 15.9 Å². The Balaban J connectivity index is 1.81. The lowest BCUT2D eigenvalue weighted by Gasteiger charge is -2.41. The first-order valence-corrected chi connectivity index (χ1v) is 8.09. The molecule has 17 heavy (non-hydrogen) atoms. The highest BCUT2D eigenvalue weighted by Gasteiger charge is 2.42. The molecular weight excluding hydrogens is 296 g/mol. The second kappa shape index (κ2) is 4.65. The molecule has 3 unspecified atom stereocenters. The summed E-state index contributed by atoms with van der Waals surface area (Å²) in [5.74, 6) is 0. The van der Waals surface area contributed by atoms with Crippen molar-refractivity contribution in [3.8, 4) is 0 Å². The van der Waals surface area contributed by atoms with Crippen molar-refractivity contribution in [2.24, 2.45) is 5.73 Å². The molecule has 4 heteroatoms. The third-order valence-electron chi connectivity index (χ3n) is 4.27. The topological polar surface area (TPSA) is 29.3 Å². The highest BCUT2D eigenvalue weighted by Crippen LogP contribution is 2.42. The molecule has 2 N–H and O–H groups in total. The number of fused-ring (bicyclic) bond motifs is 2. The molecule has 3 rings (SSSR count). The van der Waals surface area contributed by atoms with E-state index in [-0.39, 0.29) is 0 Å². The van der Waals surface area contributed by atoms with E-state index in [1.54, 1.807) is 0 Å². The Morgan fingerprint density at radius 1 is 1.41 bits per heavy atom. The van der Waals surface area contributed by atoms with E-state index >= 15 is 0 Å². The van der Waals surface area contributed by atoms with Crippen LogP contribution in [0, 0.1) is 0 Å². The van der Waals surface area contributed by atoms with Gasteiger partial charge in [-0.05, 0) is 54.6 Å². The van der Waals surface area contributed by atoms with Crippen LogP contribution in [0.25, 0.3) is 0 Å². The fourth-order valence-corrected chi connectivity index (χ4v) is 5.09. The Labute approximate surface area is 115 Å². The zero-order chi connectivity index (χ0) is 12.0. The zero-order valence-electron chi connectivity index (χ0n) is 10.1. The van der Waals surface area contributed by atoms with Crippen molar-refractivity contribution in [2.45, 2.75) is 56.8 Å². The summed E-state index contributed by atoms with van der Waals surface area (Å²) in [4.78, 5) is 4.20. The first-order chi connectivity index (χ1) is 8.15. The number of thiophene rings is 1. The van der Waals surface area contributed by atoms with Crippen LogP contribution in [0.5, 0.6) is 0 Å². The molecule has 3 atom stereocenters. The molecule has 94 valence electrons. The van der Waals surface area contributed by atoms with Crippen molar-refractivity contribution < 1.29 is 0 Å². The minimum atomic E-state index is 0.436. The quantitative estimate of drug-likeness (QED) is 0.905. The summed E-state index contributed by atoms with van der Waals surface area (Å²) in [6, 6.07) is 4.70. The molecule has 2 saturated heterocycles. The van der Waals surface area contributed by atoms with Gasteiger partial charge in [-0.15, -0.1) is 11.3 Å². The first kappa shape index (κ1) is 12.2. The molecule has 0 saturated carbocycles. The minimum Gasteiger partial charge on any atom is -0.328 e. The second-order valence-corrected chi connectivity index (χ2v) is 7.27. The molecule has 2 aliphatic heterocycles. The summed E-state index contributed by atoms with van der Waals surface area (Å²) in [5, 5.41) is 2.18. The SMILES string of the molecule is CC(c1cc(Br)cs1)N1C2CCC1CC(N)C2. The largest absolute Gasteiger partial charge is 0.328 e. The zero-order valence-corrected chi connectivity index (χ0v) is 12.5. The first-order valence-electron chi connectivity index (χ1n) is 6.42. The molecule has 2 fully saturated rings. The van der Waals surface area contributed by atoms with Gasteiger partial charge in [0.15, 0.2) is 0 Å². The highest BCUT2D eigenvalue weighted by atomic mass is 79.9. The molecule has 0 spiro atoms. The lowest BCUT2D eigenvalue weighted by atomic mass is 9.96. The van der Waals surface area contributed by atoms with Gasteiger partial charge in [-0.25, -0.2) is 0 Å². The fourth-order valence-electron chi connectivity index (χ4n) is 3.58. The highest BCUT2D eigenvalue weighted by molar-refractivity contribution is 9.10. The smallest absolute Gasteiger partial charge is 0.0419 e. The van der Waals surface area contributed by atoms with Gasteiger partial charge in [0, 0.05) is 38.9 Å². The van der Waals surface area contributed by atoms with Gasteiger partial charge in [0.25, 0.3) is 0 Å². The van der Waals surface area contributed by atoms with Crippen LogP contribution in [-0.4, -0.2) is 23.0 Å². The molecule has 0 amide bonds. The van der Waals surface area contributed by atoms with Crippen molar-refractivity contribution in [1.29, 1.82) is 0 Å². The number of nitrogens with zero attached hydrogens (tertiary/aromatic N) is 1. The summed E-state index contributed by atoms with van der Waals surface area (Å²) in [6.07, 6.45) is 5.06. The lowest BCUT2D eigenvalue weighted by molar-refractivity contribution is 0.0870. The maximum Gasteiger partial charge on any atom is 0.0419 e. The van der Waals surface area contributed by atoms with Gasteiger partial charge < -0.3 is 5.73 Å². The second-order valence-electron chi connectivity index (χ2n) is 5.41.